The topological polar surface area (TPSA) is 37.4 Å². The summed E-state index contributed by atoms with van der Waals surface area (Å²) in [6, 6.07) is 8.05. The third kappa shape index (κ3) is 2.47. The molecule has 3 rings (SSSR count). The first-order chi connectivity index (χ1) is 9.18. The minimum absolute atomic E-state index is 0.591. The van der Waals surface area contributed by atoms with Crippen molar-refractivity contribution >= 4 is 16.1 Å². The SMILES string of the molecule is O=S(=O)(C1=Cc2ccccc2CC1)N1CCCCC1. The van der Waals surface area contributed by atoms with Crippen molar-refractivity contribution in [3.05, 3.63) is 40.3 Å². The molecule has 102 valence electrons. The molecule has 0 amide bonds. The lowest BCUT2D eigenvalue weighted by atomic mass is 9.98. The van der Waals surface area contributed by atoms with Crippen molar-refractivity contribution in [1.82, 2.24) is 4.31 Å². The lowest BCUT2D eigenvalue weighted by Crippen LogP contribution is -2.36. The molecule has 0 saturated carbocycles. The van der Waals surface area contributed by atoms with E-state index in [0.29, 0.717) is 24.4 Å². The molecule has 1 aliphatic heterocycles. The summed E-state index contributed by atoms with van der Waals surface area (Å²) in [5, 5.41) is 0. The van der Waals surface area contributed by atoms with E-state index in [9.17, 15) is 8.42 Å². The van der Waals surface area contributed by atoms with E-state index in [1.165, 1.54) is 5.56 Å². The second-order valence-corrected chi connectivity index (χ2v) is 7.27. The van der Waals surface area contributed by atoms with Gasteiger partial charge in [0.1, 0.15) is 0 Å². The van der Waals surface area contributed by atoms with Crippen molar-refractivity contribution in [3.8, 4) is 0 Å². The Bertz CT molecular complexity index is 598. The number of hydrogen-bond acceptors (Lipinski definition) is 2. The number of piperidine rings is 1. The van der Waals surface area contributed by atoms with Crippen molar-refractivity contribution in [3.63, 3.8) is 0 Å². The molecule has 4 heteroatoms. The number of benzene rings is 1. The van der Waals surface area contributed by atoms with Gasteiger partial charge in [-0.05, 0) is 42.9 Å². The highest BCUT2D eigenvalue weighted by molar-refractivity contribution is 7.93. The average Bonchev–Trinajstić information content (AvgIpc) is 2.47. The van der Waals surface area contributed by atoms with Crippen LogP contribution in [0.25, 0.3) is 6.08 Å². The van der Waals surface area contributed by atoms with Gasteiger partial charge in [-0.3, -0.25) is 0 Å². The first-order valence-corrected chi connectivity index (χ1v) is 8.40. The first-order valence-electron chi connectivity index (χ1n) is 6.96. The summed E-state index contributed by atoms with van der Waals surface area (Å²) in [6.07, 6.45) is 6.45. The molecule has 0 bridgehead atoms. The quantitative estimate of drug-likeness (QED) is 0.833. The smallest absolute Gasteiger partial charge is 0.207 e. The van der Waals surface area contributed by atoms with Crippen molar-refractivity contribution in [2.45, 2.75) is 32.1 Å². The molecule has 1 aromatic rings. The van der Waals surface area contributed by atoms with Gasteiger partial charge in [0.05, 0.1) is 4.91 Å². The van der Waals surface area contributed by atoms with Gasteiger partial charge in [-0.1, -0.05) is 30.7 Å². The zero-order chi connectivity index (χ0) is 13.3. The monoisotopic (exact) mass is 277 g/mol. The Morgan fingerprint density at radius 3 is 2.47 bits per heavy atom. The first kappa shape index (κ1) is 12.9. The summed E-state index contributed by atoms with van der Waals surface area (Å²) in [7, 11) is -3.23. The van der Waals surface area contributed by atoms with Crippen molar-refractivity contribution in [2.24, 2.45) is 0 Å². The Morgan fingerprint density at radius 2 is 1.68 bits per heavy atom. The Kier molecular flexibility index (Phi) is 3.46. The highest BCUT2D eigenvalue weighted by atomic mass is 32.2. The summed E-state index contributed by atoms with van der Waals surface area (Å²) in [6.45, 7) is 1.36. The van der Waals surface area contributed by atoms with E-state index in [1.54, 1.807) is 4.31 Å². The van der Waals surface area contributed by atoms with Crippen LogP contribution in [0.15, 0.2) is 29.2 Å². The molecule has 19 heavy (non-hydrogen) atoms. The molecule has 1 heterocycles. The highest BCUT2D eigenvalue weighted by Gasteiger charge is 2.29. The number of aryl methyl sites for hydroxylation is 1. The van der Waals surface area contributed by atoms with Crippen LogP contribution in [0.4, 0.5) is 0 Å². The van der Waals surface area contributed by atoms with Gasteiger partial charge in [-0.15, -0.1) is 0 Å². The van der Waals surface area contributed by atoms with Gasteiger partial charge in [0, 0.05) is 13.1 Å². The van der Waals surface area contributed by atoms with Crippen molar-refractivity contribution < 1.29 is 8.42 Å². The number of rotatable bonds is 2. The van der Waals surface area contributed by atoms with Gasteiger partial charge in [-0.2, -0.15) is 4.31 Å². The number of hydrogen-bond donors (Lipinski definition) is 0. The number of nitrogens with zero attached hydrogens (tertiary/aromatic N) is 1. The standard InChI is InChI=1S/C15H19NO2S/c17-19(18,16-10-4-1-5-11-16)15-9-8-13-6-2-3-7-14(13)12-15/h2-3,6-7,12H,1,4-5,8-11H2. The average molecular weight is 277 g/mol. The third-order valence-corrected chi connectivity index (χ3v) is 6.03. The van der Waals surface area contributed by atoms with E-state index in [0.717, 1.165) is 31.2 Å². The molecule has 3 nitrogen and oxygen atoms in total. The summed E-state index contributed by atoms with van der Waals surface area (Å²) in [4.78, 5) is 0.591. The van der Waals surface area contributed by atoms with Crippen LogP contribution in [0.1, 0.15) is 36.8 Å². The van der Waals surface area contributed by atoms with Crippen LogP contribution in [0.2, 0.25) is 0 Å². The summed E-state index contributed by atoms with van der Waals surface area (Å²) in [5.41, 5.74) is 2.31. The molecule has 1 aromatic carbocycles. The van der Waals surface area contributed by atoms with Crippen LogP contribution in [0, 0.1) is 0 Å². The van der Waals surface area contributed by atoms with Crippen LogP contribution >= 0.6 is 0 Å². The lowest BCUT2D eigenvalue weighted by molar-refractivity contribution is 0.349. The van der Waals surface area contributed by atoms with E-state index < -0.39 is 10.0 Å². The third-order valence-electron chi connectivity index (χ3n) is 4.00. The van der Waals surface area contributed by atoms with Gasteiger partial charge in [0.2, 0.25) is 10.0 Å². The van der Waals surface area contributed by atoms with Crippen LogP contribution < -0.4 is 0 Å². The molecule has 1 saturated heterocycles. The van der Waals surface area contributed by atoms with Crippen LogP contribution in [0.3, 0.4) is 0 Å². The maximum atomic E-state index is 12.6. The Labute approximate surface area is 115 Å². The van der Waals surface area contributed by atoms with Gasteiger partial charge in [0.25, 0.3) is 0 Å². The number of sulfonamides is 1. The lowest BCUT2D eigenvalue weighted by Gasteiger charge is -2.28. The fourth-order valence-electron chi connectivity index (χ4n) is 2.88. The summed E-state index contributed by atoms with van der Waals surface area (Å²) < 4.78 is 26.9. The molecule has 0 aromatic heterocycles. The molecule has 0 unspecified atom stereocenters. The van der Waals surface area contributed by atoms with Crippen LogP contribution in [0.5, 0.6) is 0 Å². The Balaban J connectivity index is 1.92. The molecule has 0 atom stereocenters. The largest absolute Gasteiger partial charge is 0.239 e. The Morgan fingerprint density at radius 1 is 0.947 bits per heavy atom. The second-order valence-electron chi connectivity index (χ2n) is 5.27. The van der Waals surface area contributed by atoms with Gasteiger partial charge >= 0.3 is 0 Å². The Hall–Kier alpha value is -1.13. The number of allylic oxidation sites excluding steroid dienone is 1. The van der Waals surface area contributed by atoms with Gasteiger partial charge < -0.3 is 0 Å². The van der Waals surface area contributed by atoms with Crippen molar-refractivity contribution in [1.29, 1.82) is 0 Å². The van der Waals surface area contributed by atoms with E-state index in [-0.39, 0.29) is 0 Å². The molecular formula is C15H19NO2S. The molecule has 0 radical (unpaired) electrons. The molecule has 2 aliphatic rings. The van der Waals surface area contributed by atoms with Crippen LogP contribution in [-0.4, -0.2) is 25.8 Å². The predicted octanol–water partition coefficient (Wildman–Crippen LogP) is 2.79. The molecule has 1 aliphatic carbocycles. The molecule has 0 spiro atoms. The maximum Gasteiger partial charge on any atom is 0.239 e. The zero-order valence-corrected chi connectivity index (χ0v) is 11.8. The maximum absolute atomic E-state index is 12.6. The minimum Gasteiger partial charge on any atom is -0.207 e. The number of fused-ring (bicyclic) bond motifs is 1. The van der Waals surface area contributed by atoms with E-state index in [4.69, 9.17) is 0 Å². The highest BCUT2D eigenvalue weighted by Crippen LogP contribution is 2.29. The molecule has 0 N–H and O–H groups in total. The van der Waals surface area contributed by atoms with Crippen LogP contribution in [-0.2, 0) is 16.4 Å². The van der Waals surface area contributed by atoms with E-state index in [1.807, 2.05) is 24.3 Å². The normalized spacial score (nSPS) is 20.7. The molecular weight excluding hydrogens is 258 g/mol. The molecule has 1 fully saturated rings. The van der Waals surface area contributed by atoms with Gasteiger partial charge in [0.15, 0.2) is 0 Å². The minimum atomic E-state index is -3.23. The zero-order valence-electron chi connectivity index (χ0n) is 11.0. The van der Waals surface area contributed by atoms with Crippen molar-refractivity contribution in [2.75, 3.05) is 13.1 Å². The van der Waals surface area contributed by atoms with Gasteiger partial charge in [-0.25, -0.2) is 8.42 Å². The fraction of sp³-hybridized carbons (Fsp3) is 0.467. The fourth-order valence-corrected chi connectivity index (χ4v) is 4.59. The van der Waals surface area contributed by atoms with E-state index >= 15 is 0 Å². The summed E-state index contributed by atoms with van der Waals surface area (Å²) >= 11 is 0. The van der Waals surface area contributed by atoms with E-state index in [2.05, 4.69) is 6.07 Å². The second kappa shape index (κ2) is 5.10. The predicted molar refractivity (Wildman–Crippen MR) is 77.1 cm³/mol. The summed E-state index contributed by atoms with van der Waals surface area (Å²) in [5.74, 6) is 0.